The molecule has 1 spiro atoms. The van der Waals surface area contributed by atoms with E-state index in [1.165, 1.54) is 4.90 Å². The Labute approximate surface area is 185 Å². The summed E-state index contributed by atoms with van der Waals surface area (Å²) in [5.41, 5.74) is 0.823. The van der Waals surface area contributed by atoms with Gasteiger partial charge in [0.2, 0.25) is 5.76 Å². The highest BCUT2D eigenvalue weighted by Gasteiger charge is 2.64. The lowest BCUT2D eigenvalue weighted by molar-refractivity contribution is -0.126. The zero-order valence-corrected chi connectivity index (χ0v) is 18.3. The Hall–Kier alpha value is -3.45. The molecule has 0 saturated heterocycles. The summed E-state index contributed by atoms with van der Waals surface area (Å²) >= 11 is 0. The number of carbonyl (C=O) groups is 2. The molecule has 2 aliphatic rings. The Morgan fingerprint density at radius 3 is 2.62 bits per heavy atom. The minimum Gasteiger partial charge on any atom is -0.450 e. The quantitative estimate of drug-likeness (QED) is 0.579. The minimum atomic E-state index is -1.54. The fourth-order valence-corrected chi connectivity index (χ4v) is 5.09. The number of nitrogens with zero attached hydrogens (tertiary/aromatic N) is 2. The smallest absolute Gasteiger partial charge is 0.291 e. The van der Waals surface area contributed by atoms with Crippen LogP contribution in [0.1, 0.15) is 40.6 Å². The van der Waals surface area contributed by atoms with Crippen LogP contribution in [0.3, 0.4) is 0 Å². The third kappa shape index (κ3) is 2.48. The van der Waals surface area contributed by atoms with Crippen LogP contribution in [0.5, 0.6) is 0 Å². The number of carbonyl (C=O) groups excluding carboxylic acids is 2. The van der Waals surface area contributed by atoms with Gasteiger partial charge >= 0.3 is 0 Å². The summed E-state index contributed by atoms with van der Waals surface area (Å²) < 4.78 is 11.2. The van der Waals surface area contributed by atoms with Crippen molar-refractivity contribution >= 4 is 28.5 Å². The van der Waals surface area contributed by atoms with Crippen LogP contribution in [0.15, 0.2) is 51.7 Å². The molecule has 7 heteroatoms. The summed E-state index contributed by atoms with van der Waals surface area (Å²) in [6, 6.07) is 12.6. The van der Waals surface area contributed by atoms with Crippen molar-refractivity contribution in [2.45, 2.75) is 25.8 Å². The lowest BCUT2D eigenvalue weighted by Gasteiger charge is -2.34. The average Bonchev–Trinajstić information content (AvgIpc) is 3.19. The second-order valence-electron chi connectivity index (χ2n) is 8.22. The Morgan fingerprint density at radius 2 is 1.88 bits per heavy atom. The highest BCUT2D eigenvalue weighted by Crippen LogP contribution is 2.52. The van der Waals surface area contributed by atoms with Crippen LogP contribution in [0.2, 0.25) is 0 Å². The van der Waals surface area contributed by atoms with E-state index in [9.17, 15) is 14.4 Å². The van der Waals surface area contributed by atoms with Crippen molar-refractivity contribution in [3.8, 4) is 0 Å². The number of hydrogen-bond donors (Lipinski definition) is 0. The standard InChI is InChI=1S/C25H24N2O5/c1-4-26-18-9-6-5-8-17(18)25(24(26)30)20-21(28)16-14-15(2)10-11-19(16)32-22(20)23(29)27(25)12-7-13-31-3/h5-6,8-11,14H,4,7,12-13H2,1-3H3/t25-/m0/s1. The average molecular weight is 432 g/mol. The van der Waals surface area contributed by atoms with Crippen LogP contribution in [0.4, 0.5) is 5.69 Å². The van der Waals surface area contributed by atoms with Gasteiger partial charge in [-0.05, 0) is 38.5 Å². The minimum absolute atomic E-state index is 0.0510. The largest absolute Gasteiger partial charge is 0.450 e. The Morgan fingerprint density at radius 1 is 1.09 bits per heavy atom. The van der Waals surface area contributed by atoms with Crippen molar-refractivity contribution in [3.05, 3.63) is 75.1 Å². The number of anilines is 1. The molecule has 2 aromatic carbocycles. The lowest BCUT2D eigenvalue weighted by Crippen LogP contribution is -2.53. The van der Waals surface area contributed by atoms with Gasteiger partial charge in [0, 0.05) is 32.4 Å². The maximum Gasteiger partial charge on any atom is 0.291 e. The van der Waals surface area contributed by atoms with E-state index in [2.05, 4.69) is 0 Å². The molecule has 0 unspecified atom stereocenters. The SMILES string of the molecule is CCN1C(=O)[C@]2(c3ccccc31)c1c(oc3ccc(C)cc3c1=O)C(=O)N2CCCOC. The molecule has 3 heterocycles. The van der Waals surface area contributed by atoms with Gasteiger partial charge in [0.05, 0.1) is 16.6 Å². The van der Waals surface area contributed by atoms with Crippen LogP contribution >= 0.6 is 0 Å². The summed E-state index contributed by atoms with van der Waals surface area (Å²) in [4.78, 5) is 44.7. The maximum absolute atomic E-state index is 14.0. The molecular formula is C25H24N2O5. The van der Waals surface area contributed by atoms with Gasteiger partial charge < -0.3 is 19.0 Å². The number of benzene rings is 2. The molecule has 32 heavy (non-hydrogen) atoms. The van der Waals surface area contributed by atoms with Crippen molar-refractivity contribution in [2.75, 3.05) is 31.7 Å². The van der Waals surface area contributed by atoms with E-state index in [0.717, 1.165) is 5.56 Å². The first-order chi connectivity index (χ1) is 15.5. The van der Waals surface area contributed by atoms with Crippen LogP contribution in [-0.2, 0) is 15.1 Å². The molecule has 0 N–H and O–H groups in total. The first-order valence-electron chi connectivity index (χ1n) is 10.8. The van der Waals surface area contributed by atoms with Gasteiger partial charge in [-0.25, -0.2) is 0 Å². The zero-order valence-electron chi connectivity index (χ0n) is 18.3. The van der Waals surface area contributed by atoms with E-state index in [4.69, 9.17) is 9.15 Å². The van der Waals surface area contributed by atoms with Gasteiger partial charge in [-0.3, -0.25) is 14.4 Å². The topological polar surface area (TPSA) is 80.1 Å². The highest BCUT2D eigenvalue weighted by molar-refractivity contribution is 6.17. The van der Waals surface area contributed by atoms with E-state index in [-0.39, 0.29) is 29.2 Å². The van der Waals surface area contributed by atoms with E-state index < -0.39 is 11.4 Å². The molecule has 0 fully saturated rings. The number of fused-ring (bicyclic) bond motifs is 5. The number of aryl methyl sites for hydroxylation is 1. The van der Waals surface area contributed by atoms with Gasteiger partial charge in [0.1, 0.15) is 5.58 Å². The number of hydrogen-bond acceptors (Lipinski definition) is 5. The second kappa shape index (κ2) is 7.31. The molecule has 1 atom stereocenters. The van der Waals surface area contributed by atoms with Crippen molar-refractivity contribution in [3.63, 3.8) is 0 Å². The number of likely N-dealkylation sites (N-methyl/N-ethyl adjacent to an activating group) is 1. The van der Waals surface area contributed by atoms with E-state index in [1.807, 2.05) is 44.2 Å². The van der Waals surface area contributed by atoms with Gasteiger partial charge in [-0.2, -0.15) is 0 Å². The summed E-state index contributed by atoms with van der Waals surface area (Å²) in [6.45, 7) is 4.87. The molecule has 0 bridgehead atoms. The van der Waals surface area contributed by atoms with Gasteiger partial charge in [0.15, 0.2) is 11.0 Å². The number of ether oxygens (including phenoxy) is 1. The highest BCUT2D eigenvalue weighted by atomic mass is 16.5. The number of methoxy groups -OCH3 is 1. The summed E-state index contributed by atoms with van der Waals surface area (Å²) in [5.74, 6) is -0.799. The van der Waals surface area contributed by atoms with E-state index in [0.29, 0.717) is 41.8 Å². The predicted molar refractivity (Wildman–Crippen MR) is 120 cm³/mol. The van der Waals surface area contributed by atoms with Crippen LogP contribution in [0, 0.1) is 6.92 Å². The summed E-state index contributed by atoms with van der Waals surface area (Å²) in [6.07, 6.45) is 0.520. The summed E-state index contributed by atoms with van der Waals surface area (Å²) in [5, 5.41) is 0.370. The van der Waals surface area contributed by atoms with Crippen molar-refractivity contribution in [1.29, 1.82) is 0 Å². The Balaban J connectivity index is 1.88. The third-order valence-electron chi connectivity index (χ3n) is 6.44. The second-order valence-corrected chi connectivity index (χ2v) is 8.22. The van der Waals surface area contributed by atoms with Crippen molar-refractivity contribution in [2.24, 2.45) is 0 Å². The van der Waals surface area contributed by atoms with Crippen molar-refractivity contribution in [1.82, 2.24) is 4.90 Å². The van der Waals surface area contributed by atoms with Crippen LogP contribution in [0.25, 0.3) is 11.0 Å². The molecule has 3 aromatic rings. The van der Waals surface area contributed by atoms with E-state index in [1.54, 1.807) is 24.1 Å². The normalized spacial score (nSPS) is 19.3. The fourth-order valence-electron chi connectivity index (χ4n) is 5.09. The van der Waals surface area contributed by atoms with Crippen molar-refractivity contribution < 1.29 is 18.7 Å². The molecule has 7 nitrogen and oxygen atoms in total. The Kier molecular flexibility index (Phi) is 4.67. The first-order valence-corrected chi connectivity index (χ1v) is 10.8. The Bertz CT molecular complexity index is 1330. The third-order valence-corrected chi connectivity index (χ3v) is 6.44. The van der Waals surface area contributed by atoms with Crippen LogP contribution in [-0.4, -0.2) is 43.5 Å². The number of para-hydroxylation sites is 1. The molecule has 1 aromatic heterocycles. The number of amides is 2. The molecule has 2 amide bonds. The fraction of sp³-hybridized carbons (Fsp3) is 0.320. The van der Waals surface area contributed by atoms with Gasteiger partial charge in [-0.1, -0.05) is 29.8 Å². The summed E-state index contributed by atoms with van der Waals surface area (Å²) in [7, 11) is 1.59. The van der Waals surface area contributed by atoms with Gasteiger partial charge in [0.25, 0.3) is 11.8 Å². The molecule has 5 rings (SSSR count). The molecule has 2 aliphatic heterocycles. The molecule has 0 saturated carbocycles. The number of rotatable bonds is 5. The molecular weight excluding hydrogens is 408 g/mol. The lowest BCUT2D eigenvalue weighted by atomic mass is 9.84. The van der Waals surface area contributed by atoms with Crippen LogP contribution < -0.4 is 10.3 Å². The molecule has 164 valence electrons. The van der Waals surface area contributed by atoms with Gasteiger partial charge in [-0.15, -0.1) is 0 Å². The molecule has 0 radical (unpaired) electrons. The molecule has 0 aliphatic carbocycles. The zero-order chi connectivity index (χ0) is 22.6. The first kappa shape index (κ1) is 20.5. The monoisotopic (exact) mass is 432 g/mol. The predicted octanol–water partition coefficient (Wildman–Crippen LogP) is 3.20. The van der Waals surface area contributed by atoms with E-state index >= 15 is 0 Å². The maximum atomic E-state index is 14.0.